The summed E-state index contributed by atoms with van der Waals surface area (Å²) in [4.78, 5) is 14.9. The largest absolute Gasteiger partial charge is 0.308 e. The van der Waals surface area contributed by atoms with E-state index >= 15 is 0 Å². The van der Waals surface area contributed by atoms with Crippen LogP contribution in [0.1, 0.15) is 27.2 Å². The highest BCUT2D eigenvalue weighted by atomic mass is 35.5. The van der Waals surface area contributed by atoms with Gasteiger partial charge in [0.15, 0.2) is 0 Å². The van der Waals surface area contributed by atoms with Crippen LogP contribution in [0.15, 0.2) is 48.5 Å². The van der Waals surface area contributed by atoms with Crippen LogP contribution in [0.4, 0.5) is 5.69 Å². The van der Waals surface area contributed by atoms with Crippen molar-refractivity contribution in [1.82, 2.24) is 9.78 Å². The predicted molar refractivity (Wildman–Crippen MR) is 104 cm³/mol. The van der Waals surface area contributed by atoms with Crippen LogP contribution in [0.25, 0.3) is 0 Å². The third-order valence-corrected chi connectivity index (χ3v) is 5.44. The quantitative estimate of drug-likeness (QED) is 0.652. The molecule has 1 aromatic heterocycles. The fraction of sp³-hybridized carbons (Fsp3) is 0.200. The smallest absolute Gasteiger partial charge is 0.263 e. The van der Waals surface area contributed by atoms with E-state index < -0.39 is 0 Å². The maximum atomic E-state index is 13.1. The summed E-state index contributed by atoms with van der Waals surface area (Å²) in [6.07, 6.45) is 0.854. The summed E-state index contributed by atoms with van der Waals surface area (Å²) in [5.74, 6) is -0.108. The number of hydrogen-bond acceptors (Lipinski definition) is 2. The van der Waals surface area contributed by atoms with Crippen molar-refractivity contribution in [2.75, 3.05) is 11.4 Å². The summed E-state index contributed by atoms with van der Waals surface area (Å²) in [6.45, 7) is 2.89. The molecule has 1 amide bonds. The zero-order valence-electron chi connectivity index (χ0n) is 14.2. The van der Waals surface area contributed by atoms with E-state index in [2.05, 4.69) is 11.2 Å². The number of aromatic nitrogens is 2. The van der Waals surface area contributed by atoms with E-state index in [-0.39, 0.29) is 5.91 Å². The maximum absolute atomic E-state index is 13.1. The number of rotatable bonds is 3. The van der Waals surface area contributed by atoms with Crippen LogP contribution in [0.5, 0.6) is 0 Å². The van der Waals surface area contributed by atoms with Gasteiger partial charge in [-0.3, -0.25) is 4.79 Å². The number of fused-ring (bicyclic) bond motifs is 1. The molecule has 0 N–H and O–H groups in total. The van der Waals surface area contributed by atoms with E-state index in [9.17, 15) is 4.79 Å². The van der Waals surface area contributed by atoms with Crippen molar-refractivity contribution in [1.29, 1.82) is 0 Å². The molecule has 4 nitrogen and oxygen atoms in total. The average Bonchev–Trinajstić information content (AvgIpc) is 3.18. The van der Waals surface area contributed by atoms with Crippen LogP contribution in [0, 0.1) is 6.92 Å². The number of benzene rings is 2. The summed E-state index contributed by atoms with van der Waals surface area (Å²) >= 11 is 12.8. The molecule has 1 aliphatic rings. The number of aryl methyl sites for hydroxylation is 1. The molecule has 0 saturated heterocycles. The second-order valence-corrected chi connectivity index (χ2v) is 7.10. The Kier molecular flexibility index (Phi) is 4.47. The van der Waals surface area contributed by atoms with Crippen molar-refractivity contribution in [3.8, 4) is 0 Å². The van der Waals surface area contributed by atoms with Crippen LogP contribution in [0.3, 0.4) is 0 Å². The Balaban J connectivity index is 1.67. The zero-order chi connectivity index (χ0) is 18.3. The maximum Gasteiger partial charge on any atom is 0.263 e. The minimum absolute atomic E-state index is 0.108. The third kappa shape index (κ3) is 2.89. The van der Waals surface area contributed by atoms with Gasteiger partial charge in [0.2, 0.25) is 0 Å². The molecule has 2 aromatic carbocycles. The molecule has 26 heavy (non-hydrogen) atoms. The van der Waals surface area contributed by atoms with Crippen LogP contribution in [-0.4, -0.2) is 22.2 Å². The highest BCUT2D eigenvalue weighted by Crippen LogP contribution is 2.31. The number of carbonyl (C=O) groups is 1. The number of carbonyl (C=O) groups excluding carboxylic acids is 1. The predicted octanol–water partition coefficient (Wildman–Crippen LogP) is 4.75. The minimum atomic E-state index is -0.108. The molecule has 1 aliphatic heterocycles. The van der Waals surface area contributed by atoms with E-state index in [4.69, 9.17) is 23.2 Å². The van der Waals surface area contributed by atoms with E-state index in [1.807, 2.05) is 49.4 Å². The number of halogens is 2. The molecular formula is C20H17Cl2N3O. The first-order valence-corrected chi connectivity index (χ1v) is 9.18. The molecular weight excluding hydrogens is 369 g/mol. The first-order chi connectivity index (χ1) is 12.6. The molecule has 2 heterocycles. The summed E-state index contributed by atoms with van der Waals surface area (Å²) < 4.78 is 1.63. The lowest BCUT2D eigenvalue weighted by atomic mass is 10.2. The van der Waals surface area contributed by atoms with Crippen LogP contribution in [-0.2, 0) is 13.0 Å². The number of amides is 1. The molecule has 132 valence electrons. The van der Waals surface area contributed by atoms with Crippen molar-refractivity contribution in [3.05, 3.63) is 81.1 Å². The molecule has 0 fully saturated rings. The number of hydrogen-bond donors (Lipinski definition) is 0. The minimum Gasteiger partial charge on any atom is -0.308 e. The normalized spacial score (nSPS) is 13.1. The van der Waals surface area contributed by atoms with E-state index in [0.29, 0.717) is 34.5 Å². The highest BCUT2D eigenvalue weighted by molar-refractivity contribution is 6.34. The standard InChI is InChI=1S/C20H17Cl2N3O/c1-13-18(20(26)24-11-10-14-6-3-5-9-17(14)24)19(22)25(23-13)12-15-7-2-4-8-16(15)21/h2-9H,10-12H2,1H3. The fourth-order valence-corrected chi connectivity index (χ4v) is 3.88. The Bertz CT molecular complexity index is 996. The number of anilines is 1. The first kappa shape index (κ1) is 17.1. The summed E-state index contributed by atoms with van der Waals surface area (Å²) in [7, 11) is 0. The van der Waals surface area contributed by atoms with Crippen molar-refractivity contribution >= 4 is 34.8 Å². The molecule has 0 aliphatic carbocycles. The van der Waals surface area contributed by atoms with Crippen LogP contribution in [0.2, 0.25) is 10.2 Å². The Labute approximate surface area is 161 Å². The Morgan fingerprint density at radius 2 is 1.85 bits per heavy atom. The molecule has 0 radical (unpaired) electrons. The second-order valence-electron chi connectivity index (χ2n) is 6.34. The number of nitrogens with zero attached hydrogens (tertiary/aromatic N) is 3. The molecule has 4 rings (SSSR count). The van der Waals surface area contributed by atoms with Gasteiger partial charge in [0.1, 0.15) is 5.15 Å². The monoisotopic (exact) mass is 385 g/mol. The lowest BCUT2D eigenvalue weighted by Crippen LogP contribution is -2.29. The molecule has 0 unspecified atom stereocenters. The van der Waals surface area contributed by atoms with Gasteiger partial charge < -0.3 is 4.90 Å². The Morgan fingerprint density at radius 3 is 2.65 bits per heavy atom. The topological polar surface area (TPSA) is 38.1 Å². The fourth-order valence-electron chi connectivity index (χ4n) is 3.37. The SMILES string of the molecule is Cc1nn(Cc2ccccc2Cl)c(Cl)c1C(=O)N1CCc2ccccc21. The molecule has 0 bridgehead atoms. The zero-order valence-corrected chi connectivity index (χ0v) is 15.8. The number of para-hydroxylation sites is 1. The molecule has 6 heteroatoms. The summed E-state index contributed by atoms with van der Waals surface area (Å²) in [6, 6.07) is 15.5. The summed E-state index contributed by atoms with van der Waals surface area (Å²) in [5, 5.41) is 5.47. The van der Waals surface area contributed by atoms with Gasteiger partial charge in [-0.1, -0.05) is 59.6 Å². The van der Waals surface area contributed by atoms with E-state index in [1.165, 1.54) is 5.56 Å². The Morgan fingerprint density at radius 1 is 1.12 bits per heavy atom. The van der Waals surface area contributed by atoms with Crippen molar-refractivity contribution < 1.29 is 4.79 Å². The van der Waals surface area contributed by atoms with Gasteiger partial charge in [-0.05, 0) is 36.6 Å². The van der Waals surface area contributed by atoms with Crippen molar-refractivity contribution in [2.24, 2.45) is 0 Å². The highest BCUT2D eigenvalue weighted by Gasteiger charge is 2.30. The molecule has 3 aromatic rings. The molecule has 0 spiro atoms. The van der Waals surface area contributed by atoms with Gasteiger partial charge in [-0.15, -0.1) is 0 Å². The summed E-state index contributed by atoms with van der Waals surface area (Å²) in [5.41, 5.74) is 4.11. The van der Waals surface area contributed by atoms with E-state index in [0.717, 1.165) is 17.7 Å². The van der Waals surface area contributed by atoms with Gasteiger partial charge in [0.05, 0.1) is 17.8 Å². The van der Waals surface area contributed by atoms with Crippen LogP contribution < -0.4 is 4.90 Å². The second kappa shape index (κ2) is 6.78. The lowest BCUT2D eigenvalue weighted by molar-refractivity contribution is 0.0989. The molecule has 0 atom stereocenters. The Hall–Kier alpha value is -2.30. The van der Waals surface area contributed by atoms with Gasteiger partial charge in [-0.2, -0.15) is 5.10 Å². The average molecular weight is 386 g/mol. The van der Waals surface area contributed by atoms with Crippen molar-refractivity contribution in [3.63, 3.8) is 0 Å². The third-order valence-electron chi connectivity index (χ3n) is 4.69. The first-order valence-electron chi connectivity index (χ1n) is 8.42. The van der Waals surface area contributed by atoms with E-state index in [1.54, 1.807) is 9.58 Å². The molecule has 0 saturated carbocycles. The van der Waals surface area contributed by atoms with Crippen LogP contribution >= 0.6 is 23.2 Å². The van der Waals surface area contributed by atoms with Gasteiger partial charge in [0.25, 0.3) is 5.91 Å². The van der Waals surface area contributed by atoms with Gasteiger partial charge in [0, 0.05) is 17.3 Å². The van der Waals surface area contributed by atoms with Crippen molar-refractivity contribution in [2.45, 2.75) is 19.9 Å². The lowest BCUT2D eigenvalue weighted by Gasteiger charge is -2.17. The van der Waals surface area contributed by atoms with Gasteiger partial charge >= 0.3 is 0 Å². The van der Waals surface area contributed by atoms with Gasteiger partial charge in [-0.25, -0.2) is 4.68 Å².